The summed E-state index contributed by atoms with van der Waals surface area (Å²) in [7, 11) is 0. The van der Waals surface area contributed by atoms with Crippen molar-refractivity contribution < 1.29 is 13.9 Å². The summed E-state index contributed by atoms with van der Waals surface area (Å²) in [4.78, 5) is 11.7. The fourth-order valence-corrected chi connectivity index (χ4v) is 1.75. The fourth-order valence-electron chi connectivity index (χ4n) is 1.75. The van der Waals surface area contributed by atoms with Crippen LogP contribution in [0.25, 0.3) is 0 Å². The van der Waals surface area contributed by atoms with Crippen molar-refractivity contribution in [2.24, 2.45) is 0 Å². The van der Waals surface area contributed by atoms with Gasteiger partial charge in [-0.2, -0.15) is 0 Å². The molecule has 1 fully saturated rings. The normalized spacial score (nSPS) is 17.1. The molecule has 1 aliphatic heterocycles. The monoisotopic (exact) mass is 223 g/mol. The molecular formula is C12H14FNO2. The van der Waals surface area contributed by atoms with Crippen LogP contribution in [0.15, 0.2) is 24.3 Å². The highest BCUT2D eigenvalue weighted by atomic mass is 19.1. The van der Waals surface area contributed by atoms with E-state index in [4.69, 9.17) is 4.74 Å². The zero-order valence-electron chi connectivity index (χ0n) is 8.91. The number of esters is 1. The first kappa shape index (κ1) is 11.1. The number of rotatable bonds is 2. The van der Waals surface area contributed by atoms with Crippen LogP contribution in [0.5, 0.6) is 0 Å². The molecule has 1 heterocycles. The number of nitrogens with one attached hydrogen (secondary N) is 1. The molecule has 0 unspecified atom stereocenters. The molecule has 0 saturated carbocycles. The first-order valence-electron chi connectivity index (χ1n) is 5.43. The summed E-state index contributed by atoms with van der Waals surface area (Å²) >= 11 is 0. The third kappa shape index (κ3) is 2.58. The average molecular weight is 223 g/mol. The molecule has 0 aliphatic carbocycles. The minimum atomic E-state index is -0.565. The highest BCUT2D eigenvalue weighted by Gasteiger charge is 2.20. The van der Waals surface area contributed by atoms with Crippen LogP contribution in [0, 0.1) is 5.82 Å². The lowest BCUT2D eigenvalue weighted by molar-refractivity contribution is 0.0224. The van der Waals surface area contributed by atoms with Crippen molar-refractivity contribution in [3.63, 3.8) is 0 Å². The van der Waals surface area contributed by atoms with E-state index in [0.717, 1.165) is 25.9 Å². The Balaban J connectivity index is 2.00. The van der Waals surface area contributed by atoms with E-state index in [0.29, 0.717) is 0 Å². The van der Waals surface area contributed by atoms with Crippen molar-refractivity contribution in [2.45, 2.75) is 18.9 Å². The Morgan fingerprint density at radius 1 is 1.31 bits per heavy atom. The molecule has 0 radical (unpaired) electrons. The highest BCUT2D eigenvalue weighted by Crippen LogP contribution is 2.13. The second-order valence-corrected chi connectivity index (χ2v) is 3.83. The molecule has 1 aromatic carbocycles. The van der Waals surface area contributed by atoms with Gasteiger partial charge in [-0.3, -0.25) is 0 Å². The zero-order chi connectivity index (χ0) is 11.4. The average Bonchev–Trinajstić information content (AvgIpc) is 2.31. The molecule has 0 bridgehead atoms. The van der Waals surface area contributed by atoms with E-state index in [2.05, 4.69) is 5.32 Å². The third-order valence-electron chi connectivity index (χ3n) is 2.65. The predicted molar refractivity (Wildman–Crippen MR) is 57.7 cm³/mol. The summed E-state index contributed by atoms with van der Waals surface area (Å²) in [6.45, 7) is 1.68. The van der Waals surface area contributed by atoms with Crippen LogP contribution in [0.3, 0.4) is 0 Å². The van der Waals surface area contributed by atoms with Gasteiger partial charge >= 0.3 is 5.97 Å². The summed E-state index contributed by atoms with van der Waals surface area (Å²) in [5.41, 5.74) is 0.0148. The number of carbonyl (C=O) groups excluding carboxylic acids is 1. The van der Waals surface area contributed by atoms with Gasteiger partial charge in [-0.15, -0.1) is 0 Å². The molecule has 4 heteroatoms. The van der Waals surface area contributed by atoms with E-state index in [1.54, 1.807) is 12.1 Å². The third-order valence-corrected chi connectivity index (χ3v) is 2.65. The number of carbonyl (C=O) groups is 1. The molecule has 0 amide bonds. The summed E-state index contributed by atoms with van der Waals surface area (Å²) in [5.74, 6) is -1.09. The van der Waals surface area contributed by atoms with Gasteiger partial charge in [0.25, 0.3) is 0 Å². The van der Waals surface area contributed by atoms with Gasteiger partial charge in [-0.25, -0.2) is 9.18 Å². The maximum atomic E-state index is 13.3. The van der Waals surface area contributed by atoms with Crippen molar-refractivity contribution in [3.8, 4) is 0 Å². The number of benzene rings is 1. The summed E-state index contributed by atoms with van der Waals surface area (Å²) in [6.07, 6.45) is 1.49. The quantitative estimate of drug-likeness (QED) is 0.776. The molecule has 1 aromatic rings. The van der Waals surface area contributed by atoms with Crippen LogP contribution >= 0.6 is 0 Å². The van der Waals surface area contributed by atoms with E-state index >= 15 is 0 Å². The minimum Gasteiger partial charge on any atom is -0.459 e. The number of hydrogen-bond donors (Lipinski definition) is 1. The molecular weight excluding hydrogens is 209 g/mol. The summed E-state index contributed by atoms with van der Waals surface area (Å²) in [6, 6.07) is 5.89. The van der Waals surface area contributed by atoms with Crippen molar-refractivity contribution in [3.05, 3.63) is 35.6 Å². The molecule has 1 saturated heterocycles. The van der Waals surface area contributed by atoms with Crippen molar-refractivity contribution >= 4 is 5.97 Å². The summed E-state index contributed by atoms with van der Waals surface area (Å²) < 4.78 is 18.5. The molecule has 86 valence electrons. The van der Waals surface area contributed by atoms with Crippen LogP contribution in [0.4, 0.5) is 4.39 Å². The maximum absolute atomic E-state index is 13.3. The van der Waals surface area contributed by atoms with Crippen LogP contribution in [0.1, 0.15) is 23.2 Å². The molecule has 1 aliphatic rings. The Morgan fingerprint density at radius 2 is 2.00 bits per heavy atom. The van der Waals surface area contributed by atoms with Crippen molar-refractivity contribution in [1.82, 2.24) is 5.32 Å². The van der Waals surface area contributed by atoms with Gasteiger partial charge in [0.1, 0.15) is 11.9 Å². The lowest BCUT2D eigenvalue weighted by atomic mass is 10.1. The molecule has 0 spiro atoms. The van der Waals surface area contributed by atoms with E-state index in [9.17, 15) is 9.18 Å². The smallest absolute Gasteiger partial charge is 0.341 e. The predicted octanol–water partition coefficient (Wildman–Crippen LogP) is 1.73. The molecule has 1 N–H and O–H groups in total. The Hall–Kier alpha value is -1.42. The number of ether oxygens (including phenoxy) is 1. The van der Waals surface area contributed by atoms with E-state index in [-0.39, 0.29) is 11.7 Å². The molecule has 0 aromatic heterocycles. The fraction of sp³-hybridized carbons (Fsp3) is 0.417. The molecule has 0 atom stereocenters. The second-order valence-electron chi connectivity index (χ2n) is 3.83. The summed E-state index contributed by atoms with van der Waals surface area (Å²) in [5, 5.41) is 3.17. The van der Waals surface area contributed by atoms with Crippen LogP contribution in [-0.4, -0.2) is 25.2 Å². The Bertz CT molecular complexity index is 375. The zero-order valence-corrected chi connectivity index (χ0v) is 8.91. The van der Waals surface area contributed by atoms with Gasteiger partial charge in [0.15, 0.2) is 0 Å². The van der Waals surface area contributed by atoms with Gasteiger partial charge in [0.2, 0.25) is 0 Å². The lowest BCUT2D eigenvalue weighted by Gasteiger charge is -2.22. The van der Waals surface area contributed by atoms with Gasteiger partial charge in [-0.1, -0.05) is 12.1 Å². The number of halogens is 1. The van der Waals surface area contributed by atoms with Crippen LogP contribution in [-0.2, 0) is 4.74 Å². The van der Waals surface area contributed by atoms with E-state index in [1.165, 1.54) is 12.1 Å². The number of piperidine rings is 1. The van der Waals surface area contributed by atoms with Crippen molar-refractivity contribution in [2.75, 3.05) is 13.1 Å². The highest BCUT2D eigenvalue weighted by molar-refractivity contribution is 5.89. The van der Waals surface area contributed by atoms with Crippen LogP contribution < -0.4 is 5.32 Å². The second kappa shape index (κ2) is 5.07. The van der Waals surface area contributed by atoms with E-state index in [1.807, 2.05) is 0 Å². The minimum absolute atomic E-state index is 0.0148. The van der Waals surface area contributed by atoms with Gasteiger partial charge in [0.05, 0.1) is 5.56 Å². The first-order chi connectivity index (χ1) is 7.77. The largest absolute Gasteiger partial charge is 0.459 e. The van der Waals surface area contributed by atoms with Crippen LogP contribution in [0.2, 0.25) is 0 Å². The lowest BCUT2D eigenvalue weighted by Crippen LogP contribution is -2.33. The standard InChI is InChI=1S/C12H14FNO2/c13-11-4-2-1-3-10(11)12(15)16-9-5-7-14-8-6-9/h1-4,9,14H,5-8H2. The maximum Gasteiger partial charge on any atom is 0.341 e. The topological polar surface area (TPSA) is 38.3 Å². The van der Waals surface area contributed by atoms with E-state index < -0.39 is 11.8 Å². The Kier molecular flexibility index (Phi) is 3.51. The Morgan fingerprint density at radius 3 is 2.69 bits per heavy atom. The first-order valence-corrected chi connectivity index (χ1v) is 5.43. The SMILES string of the molecule is O=C(OC1CCNCC1)c1ccccc1F. The number of hydrogen-bond acceptors (Lipinski definition) is 3. The van der Waals surface area contributed by atoms with Gasteiger partial charge in [-0.05, 0) is 38.1 Å². The Labute approximate surface area is 93.6 Å². The van der Waals surface area contributed by atoms with Gasteiger partial charge in [0, 0.05) is 0 Å². The molecule has 2 rings (SSSR count). The molecule has 3 nitrogen and oxygen atoms in total. The molecule has 16 heavy (non-hydrogen) atoms. The van der Waals surface area contributed by atoms with Gasteiger partial charge < -0.3 is 10.1 Å². The van der Waals surface area contributed by atoms with Crippen molar-refractivity contribution in [1.29, 1.82) is 0 Å².